The Hall–Kier alpha value is -1.20. The van der Waals surface area contributed by atoms with Gasteiger partial charge in [-0.1, -0.05) is 12.2 Å². The smallest absolute Gasteiger partial charge is 0.243 e. The fourth-order valence-electron chi connectivity index (χ4n) is 1.30. The first-order valence-electron chi connectivity index (χ1n) is 4.58. The minimum atomic E-state index is -0.255. The maximum Gasteiger partial charge on any atom is 0.243 e. The minimum absolute atomic E-state index is 0.234. The van der Waals surface area contributed by atoms with E-state index in [-0.39, 0.29) is 24.4 Å². The van der Waals surface area contributed by atoms with Crippen LogP contribution in [0.3, 0.4) is 0 Å². The van der Waals surface area contributed by atoms with Gasteiger partial charge in [0.15, 0.2) is 0 Å². The Labute approximate surface area is 82.9 Å². The number of imide groups is 1. The number of carbonyl (C=O) groups excluding carboxylic acids is 2. The van der Waals surface area contributed by atoms with Crippen LogP contribution in [0.2, 0.25) is 0 Å². The summed E-state index contributed by atoms with van der Waals surface area (Å²) in [6.45, 7) is 3.10. The Morgan fingerprint density at radius 2 is 2.29 bits per heavy atom. The average Bonchev–Trinajstić information content (AvgIpc) is 2.13. The number of nitrogens with zero attached hydrogens (tertiary/aromatic N) is 1. The predicted octanol–water partition coefficient (Wildman–Crippen LogP) is -1.15. The van der Waals surface area contributed by atoms with Gasteiger partial charge in [0.25, 0.3) is 0 Å². The van der Waals surface area contributed by atoms with Crippen molar-refractivity contribution in [1.82, 2.24) is 10.2 Å². The molecule has 0 aromatic rings. The van der Waals surface area contributed by atoms with E-state index in [4.69, 9.17) is 5.73 Å². The van der Waals surface area contributed by atoms with Gasteiger partial charge in [0.1, 0.15) is 0 Å². The fraction of sp³-hybridized carbons (Fsp3) is 0.556. The van der Waals surface area contributed by atoms with E-state index in [1.165, 1.54) is 0 Å². The number of piperazine rings is 1. The van der Waals surface area contributed by atoms with Crippen LogP contribution >= 0.6 is 0 Å². The summed E-state index contributed by atoms with van der Waals surface area (Å²) in [5.41, 5.74) is 5.28. The van der Waals surface area contributed by atoms with Crippen molar-refractivity contribution >= 4 is 11.8 Å². The summed E-state index contributed by atoms with van der Waals surface area (Å²) >= 11 is 0. The second-order valence-electron chi connectivity index (χ2n) is 3.22. The van der Waals surface area contributed by atoms with Crippen molar-refractivity contribution in [2.45, 2.75) is 13.0 Å². The van der Waals surface area contributed by atoms with E-state index in [1.54, 1.807) is 11.8 Å². The van der Waals surface area contributed by atoms with E-state index in [0.29, 0.717) is 13.1 Å². The minimum Gasteiger partial charge on any atom is -0.327 e. The van der Waals surface area contributed by atoms with Crippen LogP contribution in [0.25, 0.3) is 0 Å². The van der Waals surface area contributed by atoms with E-state index < -0.39 is 0 Å². The highest BCUT2D eigenvalue weighted by Gasteiger charge is 2.28. The third kappa shape index (κ3) is 2.65. The number of rotatable bonds is 3. The number of nitrogens with one attached hydrogen (secondary N) is 1. The molecule has 1 aliphatic heterocycles. The second-order valence-corrected chi connectivity index (χ2v) is 3.22. The van der Waals surface area contributed by atoms with E-state index in [0.717, 1.165) is 0 Å². The van der Waals surface area contributed by atoms with Crippen LogP contribution in [0.15, 0.2) is 12.2 Å². The lowest BCUT2D eigenvalue weighted by molar-refractivity contribution is -0.139. The van der Waals surface area contributed by atoms with Crippen molar-refractivity contribution in [3.8, 4) is 0 Å². The SMILES string of the molecule is CC1C(=O)NC(=O)CN1CC=CCN. The zero-order valence-electron chi connectivity index (χ0n) is 8.19. The zero-order valence-corrected chi connectivity index (χ0v) is 8.19. The van der Waals surface area contributed by atoms with Crippen LogP contribution in [-0.4, -0.2) is 42.4 Å². The summed E-state index contributed by atoms with van der Waals surface area (Å²) in [4.78, 5) is 24.1. The molecule has 0 aromatic heterocycles. The standard InChI is InChI=1S/C9H15N3O2/c1-7-9(14)11-8(13)6-12(7)5-3-2-4-10/h2-3,7H,4-6,10H2,1H3,(H,11,13,14). The summed E-state index contributed by atoms with van der Waals surface area (Å²) in [6.07, 6.45) is 3.67. The van der Waals surface area contributed by atoms with Crippen LogP contribution in [0.5, 0.6) is 0 Å². The van der Waals surface area contributed by atoms with Crippen molar-refractivity contribution in [3.63, 3.8) is 0 Å². The number of amides is 2. The van der Waals surface area contributed by atoms with Gasteiger partial charge in [0, 0.05) is 13.1 Å². The molecule has 78 valence electrons. The van der Waals surface area contributed by atoms with Crippen LogP contribution in [0.4, 0.5) is 0 Å². The highest BCUT2D eigenvalue weighted by molar-refractivity contribution is 6.00. The molecule has 3 N–H and O–H groups in total. The number of hydrogen-bond donors (Lipinski definition) is 2. The first kappa shape index (κ1) is 10.9. The first-order chi connectivity index (χ1) is 6.65. The van der Waals surface area contributed by atoms with Crippen molar-refractivity contribution in [3.05, 3.63) is 12.2 Å². The molecule has 1 aliphatic rings. The van der Waals surface area contributed by atoms with Crippen LogP contribution in [0.1, 0.15) is 6.92 Å². The van der Waals surface area contributed by atoms with E-state index in [2.05, 4.69) is 5.32 Å². The maximum absolute atomic E-state index is 11.2. The van der Waals surface area contributed by atoms with Gasteiger partial charge in [-0.3, -0.25) is 19.8 Å². The molecule has 1 atom stereocenters. The Morgan fingerprint density at radius 3 is 2.93 bits per heavy atom. The lowest BCUT2D eigenvalue weighted by Gasteiger charge is -2.30. The normalized spacial score (nSPS) is 24.3. The summed E-state index contributed by atoms with van der Waals surface area (Å²) in [5, 5.41) is 2.28. The first-order valence-corrected chi connectivity index (χ1v) is 4.58. The van der Waals surface area contributed by atoms with Gasteiger partial charge in [0.05, 0.1) is 12.6 Å². The molecule has 0 aromatic carbocycles. The number of carbonyl (C=O) groups is 2. The quantitative estimate of drug-likeness (QED) is 0.442. The van der Waals surface area contributed by atoms with Crippen LogP contribution in [0, 0.1) is 0 Å². The fourth-order valence-corrected chi connectivity index (χ4v) is 1.30. The molecule has 0 aliphatic carbocycles. The van der Waals surface area contributed by atoms with Crippen molar-refractivity contribution in [2.75, 3.05) is 19.6 Å². The molecular weight excluding hydrogens is 182 g/mol. The van der Waals surface area contributed by atoms with Gasteiger partial charge in [-0.05, 0) is 6.92 Å². The van der Waals surface area contributed by atoms with Crippen molar-refractivity contribution < 1.29 is 9.59 Å². The molecule has 1 fully saturated rings. The van der Waals surface area contributed by atoms with Gasteiger partial charge in [-0.15, -0.1) is 0 Å². The van der Waals surface area contributed by atoms with Crippen LogP contribution < -0.4 is 11.1 Å². The third-order valence-corrected chi connectivity index (χ3v) is 2.18. The number of hydrogen-bond acceptors (Lipinski definition) is 4. The highest BCUT2D eigenvalue weighted by atomic mass is 16.2. The Morgan fingerprint density at radius 1 is 1.57 bits per heavy atom. The van der Waals surface area contributed by atoms with Crippen LogP contribution in [-0.2, 0) is 9.59 Å². The Balaban J connectivity index is 2.53. The summed E-state index contributed by atoms with van der Waals surface area (Å²) in [5.74, 6) is -0.475. The third-order valence-electron chi connectivity index (χ3n) is 2.18. The van der Waals surface area contributed by atoms with Gasteiger partial charge in [0.2, 0.25) is 11.8 Å². The molecule has 5 heteroatoms. The monoisotopic (exact) mass is 197 g/mol. The molecule has 5 nitrogen and oxygen atoms in total. The topological polar surface area (TPSA) is 75.4 Å². The van der Waals surface area contributed by atoms with Gasteiger partial charge in [-0.2, -0.15) is 0 Å². The maximum atomic E-state index is 11.2. The lowest BCUT2D eigenvalue weighted by Crippen LogP contribution is -2.56. The van der Waals surface area contributed by atoms with Gasteiger partial charge < -0.3 is 5.73 Å². The molecule has 1 saturated heterocycles. The average molecular weight is 197 g/mol. The summed E-state index contributed by atoms with van der Waals surface area (Å²) in [7, 11) is 0. The largest absolute Gasteiger partial charge is 0.327 e. The van der Waals surface area contributed by atoms with Crippen molar-refractivity contribution in [2.24, 2.45) is 5.73 Å². The molecule has 14 heavy (non-hydrogen) atoms. The molecule has 1 rings (SSSR count). The molecule has 0 radical (unpaired) electrons. The molecular formula is C9H15N3O2. The molecule has 1 heterocycles. The summed E-state index contributed by atoms with van der Waals surface area (Å²) in [6, 6.07) is -0.255. The zero-order chi connectivity index (χ0) is 10.6. The van der Waals surface area contributed by atoms with E-state index in [9.17, 15) is 9.59 Å². The van der Waals surface area contributed by atoms with Crippen molar-refractivity contribution in [1.29, 1.82) is 0 Å². The summed E-state index contributed by atoms with van der Waals surface area (Å²) < 4.78 is 0. The van der Waals surface area contributed by atoms with E-state index >= 15 is 0 Å². The number of nitrogens with two attached hydrogens (primary N) is 1. The lowest BCUT2D eigenvalue weighted by atomic mass is 10.2. The molecule has 0 bridgehead atoms. The molecule has 0 spiro atoms. The van der Waals surface area contributed by atoms with E-state index in [1.807, 2.05) is 12.2 Å². The van der Waals surface area contributed by atoms with Gasteiger partial charge in [-0.25, -0.2) is 0 Å². The van der Waals surface area contributed by atoms with Gasteiger partial charge >= 0.3 is 0 Å². The molecule has 2 amide bonds. The Bertz CT molecular complexity index is 263. The second kappa shape index (κ2) is 4.88. The predicted molar refractivity (Wildman–Crippen MR) is 52.4 cm³/mol. The molecule has 1 unspecified atom stereocenters. The highest BCUT2D eigenvalue weighted by Crippen LogP contribution is 2.03. The Kier molecular flexibility index (Phi) is 3.79. The molecule has 0 saturated carbocycles.